The van der Waals surface area contributed by atoms with Crippen molar-refractivity contribution in [3.05, 3.63) is 29.8 Å². The SMILES string of the molecule is COc1ccc(C(=O)C2CCN(C(=O)CNC(=O)CN)CC2)cc1.Cl. The average Bonchev–Trinajstić information content (AvgIpc) is 2.65. The fourth-order valence-electron chi connectivity index (χ4n) is 2.74. The third kappa shape index (κ3) is 5.72. The van der Waals surface area contributed by atoms with Crippen LogP contribution in [0.5, 0.6) is 5.75 Å². The van der Waals surface area contributed by atoms with Crippen molar-refractivity contribution in [1.29, 1.82) is 0 Å². The molecule has 0 aromatic heterocycles. The Hall–Kier alpha value is -2.12. The van der Waals surface area contributed by atoms with Gasteiger partial charge in [-0.15, -0.1) is 12.4 Å². The molecule has 25 heavy (non-hydrogen) atoms. The van der Waals surface area contributed by atoms with E-state index in [4.69, 9.17) is 10.5 Å². The maximum absolute atomic E-state index is 12.5. The molecule has 0 unspecified atom stereocenters. The molecule has 0 saturated carbocycles. The van der Waals surface area contributed by atoms with Gasteiger partial charge in [0.15, 0.2) is 5.78 Å². The number of rotatable bonds is 6. The van der Waals surface area contributed by atoms with Crippen molar-refractivity contribution in [2.24, 2.45) is 11.7 Å². The minimum absolute atomic E-state index is 0. The number of piperidine rings is 1. The minimum Gasteiger partial charge on any atom is -0.497 e. The quantitative estimate of drug-likeness (QED) is 0.715. The normalized spacial score (nSPS) is 14.4. The van der Waals surface area contributed by atoms with E-state index in [1.807, 2.05) is 0 Å². The third-order valence-electron chi connectivity index (χ3n) is 4.22. The van der Waals surface area contributed by atoms with E-state index in [1.165, 1.54) is 0 Å². The first-order valence-corrected chi connectivity index (χ1v) is 7.98. The van der Waals surface area contributed by atoms with Gasteiger partial charge in [0.05, 0.1) is 20.2 Å². The van der Waals surface area contributed by atoms with Crippen molar-refractivity contribution in [1.82, 2.24) is 10.2 Å². The zero-order valence-corrected chi connectivity index (χ0v) is 15.0. The van der Waals surface area contributed by atoms with Crippen molar-refractivity contribution in [2.45, 2.75) is 12.8 Å². The van der Waals surface area contributed by atoms with E-state index in [1.54, 1.807) is 36.3 Å². The van der Waals surface area contributed by atoms with Crippen molar-refractivity contribution in [3.8, 4) is 5.75 Å². The molecule has 1 aromatic carbocycles. The van der Waals surface area contributed by atoms with Crippen LogP contribution in [0.25, 0.3) is 0 Å². The van der Waals surface area contributed by atoms with E-state index in [2.05, 4.69) is 5.32 Å². The average molecular weight is 370 g/mol. The second-order valence-corrected chi connectivity index (χ2v) is 5.73. The smallest absolute Gasteiger partial charge is 0.241 e. The Balaban J connectivity index is 0.00000312. The molecule has 1 saturated heterocycles. The van der Waals surface area contributed by atoms with E-state index in [0.717, 1.165) is 0 Å². The number of ketones is 1. The van der Waals surface area contributed by atoms with E-state index in [0.29, 0.717) is 37.2 Å². The standard InChI is InChI=1S/C17H23N3O4.ClH/c1-24-14-4-2-12(3-5-14)17(23)13-6-8-20(9-7-13)16(22)11-19-15(21)10-18;/h2-5,13H,6-11,18H2,1H3,(H,19,21);1H. The molecule has 3 N–H and O–H groups in total. The molecule has 1 aliphatic rings. The van der Waals surface area contributed by atoms with Gasteiger partial charge in [-0.2, -0.15) is 0 Å². The number of methoxy groups -OCH3 is 1. The Labute approximate surface area is 153 Å². The molecule has 0 bridgehead atoms. The van der Waals surface area contributed by atoms with Gasteiger partial charge in [0.25, 0.3) is 0 Å². The molecule has 2 amide bonds. The Kier molecular flexibility index (Phi) is 8.37. The second kappa shape index (κ2) is 10.0. The van der Waals surface area contributed by atoms with E-state index >= 15 is 0 Å². The summed E-state index contributed by atoms with van der Waals surface area (Å²) in [6, 6.07) is 7.07. The molecule has 1 aromatic rings. The monoisotopic (exact) mass is 369 g/mol. The zero-order chi connectivity index (χ0) is 17.5. The highest BCUT2D eigenvalue weighted by Gasteiger charge is 2.27. The maximum Gasteiger partial charge on any atom is 0.241 e. The predicted octanol–water partition coefficient (Wildman–Crippen LogP) is 0.613. The van der Waals surface area contributed by atoms with Crippen LogP contribution in [0.1, 0.15) is 23.2 Å². The number of carbonyl (C=O) groups excluding carboxylic acids is 3. The number of nitrogens with two attached hydrogens (primary N) is 1. The van der Waals surface area contributed by atoms with Crippen LogP contribution in [0.4, 0.5) is 0 Å². The second-order valence-electron chi connectivity index (χ2n) is 5.73. The lowest BCUT2D eigenvalue weighted by Crippen LogP contribution is -2.45. The van der Waals surface area contributed by atoms with Gasteiger partial charge < -0.3 is 20.7 Å². The number of nitrogens with one attached hydrogen (secondary N) is 1. The number of carbonyl (C=O) groups is 3. The first kappa shape index (κ1) is 20.9. The van der Waals surface area contributed by atoms with Crippen molar-refractivity contribution < 1.29 is 19.1 Å². The summed E-state index contributed by atoms with van der Waals surface area (Å²) in [4.78, 5) is 37.3. The molecular weight excluding hydrogens is 346 g/mol. The molecule has 0 radical (unpaired) electrons. The molecule has 1 aliphatic heterocycles. The van der Waals surface area contributed by atoms with Crippen LogP contribution in [0.2, 0.25) is 0 Å². The van der Waals surface area contributed by atoms with Crippen LogP contribution in [0.3, 0.4) is 0 Å². The Morgan fingerprint density at radius 3 is 2.32 bits per heavy atom. The van der Waals surface area contributed by atoms with Gasteiger partial charge in [-0.1, -0.05) is 0 Å². The first-order chi connectivity index (χ1) is 11.5. The molecule has 0 aliphatic carbocycles. The first-order valence-electron chi connectivity index (χ1n) is 7.98. The van der Waals surface area contributed by atoms with E-state index < -0.39 is 0 Å². The molecule has 2 rings (SSSR count). The number of amides is 2. The molecule has 8 heteroatoms. The number of ether oxygens (including phenoxy) is 1. The number of nitrogens with zero attached hydrogens (tertiary/aromatic N) is 1. The molecule has 1 fully saturated rings. The summed E-state index contributed by atoms with van der Waals surface area (Å²) in [6.45, 7) is 0.854. The molecule has 7 nitrogen and oxygen atoms in total. The highest BCUT2D eigenvalue weighted by molar-refractivity contribution is 5.98. The summed E-state index contributed by atoms with van der Waals surface area (Å²) < 4.78 is 5.09. The number of hydrogen-bond acceptors (Lipinski definition) is 5. The highest BCUT2D eigenvalue weighted by Crippen LogP contribution is 2.23. The third-order valence-corrected chi connectivity index (χ3v) is 4.22. The lowest BCUT2D eigenvalue weighted by atomic mass is 9.89. The van der Waals surface area contributed by atoms with Gasteiger partial charge in [0, 0.05) is 24.6 Å². The fraction of sp³-hybridized carbons (Fsp3) is 0.471. The van der Waals surface area contributed by atoms with Crippen LogP contribution < -0.4 is 15.8 Å². The number of hydrogen-bond donors (Lipinski definition) is 2. The topological polar surface area (TPSA) is 102 Å². The molecule has 1 heterocycles. The Morgan fingerprint density at radius 1 is 1.20 bits per heavy atom. The lowest BCUT2D eigenvalue weighted by molar-refractivity contribution is -0.133. The summed E-state index contributed by atoms with van der Waals surface area (Å²) in [5.41, 5.74) is 5.84. The number of benzene rings is 1. The van der Waals surface area contributed by atoms with Crippen LogP contribution in [0.15, 0.2) is 24.3 Å². The summed E-state index contributed by atoms with van der Waals surface area (Å²) >= 11 is 0. The molecule has 0 spiro atoms. The predicted molar refractivity (Wildman–Crippen MR) is 95.9 cm³/mol. The largest absolute Gasteiger partial charge is 0.497 e. The Morgan fingerprint density at radius 2 is 1.80 bits per heavy atom. The Bertz CT molecular complexity index is 598. The number of halogens is 1. The summed E-state index contributed by atoms with van der Waals surface area (Å²) in [6.07, 6.45) is 1.25. The molecule has 138 valence electrons. The number of likely N-dealkylation sites (tertiary alicyclic amines) is 1. The van der Waals surface area contributed by atoms with E-state index in [-0.39, 0.29) is 49.0 Å². The van der Waals surface area contributed by atoms with Crippen LogP contribution >= 0.6 is 12.4 Å². The highest BCUT2D eigenvalue weighted by atomic mass is 35.5. The van der Waals surface area contributed by atoms with Gasteiger partial charge >= 0.3 is 0 Å². The lowest BCUT2D eigenvalue weighted by Gasteiger charge is -2.31. The van der Waals surface area contributed by atoms with Crippen molar-refractivity contribution in [3.63, 3.8) is 0 Å². The minimum atomic E-state index is -0.354. The zero-order valence-electron chi connectivity index (χ0n) is 14.2. The molecular formula is C17H24ClN3O4. The summed E-state index contributed by atoms with van der Waals surface area (Å²) in [5.74, 6) is 0.230. The fourth-order valence-corrected chi connectivity index (χ4v) is 2.74. The van der Waals surface area contributed by atoms with E-state index in [9.17, 15) is 14.4 Å². The molecule has 0 atom stereocenters. The maximum atomic E-state index is 12.5. The number of Topliss-reactive ketones (excluding diaryl/α,β-unsaturated/α-hetero) is 1. The van der Waals surface area contributed by atoms with Crippen LogP contribution in [0, 0.1) is 5.92 Å². The van der Waals surface area contributed by atoms with Crippen molar-refractivity contribution >= 4 is 30.0 Å². The van der Waals surface area contributed by atoms with Crippen molar-refractivity contribution in [2.75, 3.05) is 33.3 Å². The van der Waals surface area contributed by atoms with Gasteiger partial charge in [-0.05, 0) is 37.1 Å². The van der Waals surface area contributed by atoms with Gasteiger partial charge in [0.2, 0.25) is 11.8 Å². The van der Waals surface area contributed by atoms with Gasteiger partial charge in [-0.25, -0.2) is 0 Å². The van der Waals surface area contributed by atoms with Gasteiger partial charge in [0.1, 0.15) is 5.75 Å². The van der Waals surface area contributed by atoms with Crippen LogP contribution in [-0.4, -0.2) is 55.8 Å². The summed E-state index contributed by atoms with van der Waals surface area (Å²) in [7, 11) is 1.58. The van der Waals surface area contributed by atoms with Crippen LogP contribution in [-0.2, 0) is 9.59 Å². The van der Waals surface area contributed by atoms with Gasteiger partial charge in [-0.3, -0.25) is 14.4 Å². The summed E-state index contributed by atoms with van der Waals surface area (Å²) in [5, 5.41) is 2.47.